The lowest BCUT2D eigenvalue weighted by atomic mass is 10.1. The zero-order valence-corrected chi connectivity index (χ0v) is 11.8. The lowest BCUT2D eigenvalue weighted by Gasteiger charge is -2.38. The van der Waals surface area contributed by atoms with Gasteiger partial charge in [0, 0.05) is 44.2 Å². The van der Waals surface area contributed by atoms with Crippen LogP contribution in [0.2, 0.25) is 0 Å². The molecule has 1 saturated heterocycles. The van der Waals surface area contributed by atoms with Crippen LogP contribution in [0.4, 0.5) is 0 Å². The zero-order chi connectivity index (χ0) is 13.1. The molecule has 4 nitrogen and oxygen atoms in total. The van der Waals surface area contributed by atoms with Crippen molar-refractivity contribution in [1.29, 1.82) is 0 Å². The third kappa shape index (κ3) is 3.04. The van der Waals surface area contributed by atoms with Crippen LogP contribution in [0.5, 0.6) is 0 Å². The lowest BCUT2D eigenvalue weighted by Crippen LogP contribution is -2.52. The average molecular weight is 253 g/mol. The van der Waals surface area contributed by atoms with Crippen molar-refractivity contribution in [3.8, 4) is 0 Å². The van der Waals surface area contributed by atoms with Crippen molar-refractivity contribution < 1.29 is 4.79 Å². The van der Waals surface area contributed by atoms with E-state index in [1.807, 2.05) is 0 Å². The quantitative estimate of drug-likeness (QED) is 0.818. The maximum atomic E-state index is 12.3. The lowest BCUT2D eigenvalue weighted by molar-refractivity contribution is -0.137. The van der Waals surface area contributed by atoms with Crippen LogP contribution in [0.1, 0.15) is 39.5 Å². The molecular formula is C14H27N3O. The number of amides is 1. The van der Waals surface area contributed by atoms with E-state index in [-0.39, 0.29) is 12.0 Å². The highest BCUT2D eigenvalue weighted by Gasteiger charge is 2.32. The molecule has 0 bridgehead atoms. The van der Waals surface area contributed by atoms with Gasteiger partial charge in [-0.05, 0) is 32.6 Å². The summed E-state index contributed by atoms with van der Waals surface area (Å²) in [6, 6.07) is 0.891. The van der Waals surface area contributed by atoms with Crippen LogP contribution in [0.15, 0.2) is 0 Å². The van der Waals surface area contributed by atoms with Crippen molar-refractivity contribution in [1.82, 2.24) is 9.80 Å². The fourth-order valence-corrected chi connectivity index (χ4v) is 3.14. The minimum Gasteiger partial charge on any atom is -0.340 e. The van der Waals surface area contributed by atoms with E-state index in [0.29, 0.717) is 11.9 Å². The first kappa shape index (κ1) is 13.8. The first-order valence-electron chi connectivity index (χ1n) is 7.40. The van der Waals surface area contributed by atoms with E-state index in [4.69, 9.17) is 5.73 Å². The standard InChI is InChI=1S/C14H27N3O/c1-3-11(2)16-6-8-17(9-7-16)14(18)12-4-5-13(15)10-12/h11-13H,3-10,15H2,1-2H3. The van der Waals surface area contributed by atoms with Crippen LogP contribution < -0.4 is 5.73 Å². The minimum absolute atomic E-state index is 0.204. The van der Waals surface area contributed by atoms with Gasteiger partial charge in [-0.25, -0.2) is 0 Å². The van der Waals surface area contributed by atoms with Gasteiger partial charge in [-0.15, -0.1) is 0 Å². The van der Waals surface area contributed by atoms with Gasteiger partial charge in [0.25, 0.3) is 0 Å². The second-order valence-corrected chi connectivity index (χ2v) is 5.89. The van der Waals surface area contributed by atoms with Gasteiger partial charge in [0.05, 0.1) is 0 Å². The molecule has 3 unspecified atom stereocenters. The Balaban J connectivity index is 1.80. The topological polar surface area (TPSA) is 49.6 Å². The van der Waals surface area contributed by atoms with Crippen LogP contribution in [0.25, 0.3) is 0 Å². The highest BCUT2D eigenvalue weighted by molar-refractivity contribution is 5.79. The second kappa shape index (κ2) is 6.02. The van der Waals surface area contributed by atoms with Gasteiger partial charge in [-0.3, -0.25) is 9.69 Å². The number of nitrogens with two attached hydrogens (primary N) is 1. The van der Waals surface area contributed by atoms with Crippen molar-refractivity contribution in [2.45, 2.75) is 51.6 Å². The summed E-state index contributed by atoms with van der Waals surface area (Å²) in [6.07, 6.45) is 4.09. The number of piperazine rings is 1. The molecule has 1 amide bonds. The van der Waals surface area contributed by atoms with Crippen molar-refractivity contribution in [3.05, 3.63) is 0 Å². The normalized spacial score (nSPS) is 31.6. The van der Waals surface area contributed by atoms with Crippen LogP contribution >= 0.6 is 0 Å². The molecule has 4 heteroatoms. The Morgan fingerprint density at radius 3 is 2.44 bits per heavy atom. The van der Waals surface area contributed by atoms with E-state index in [9.17, 15) is 4.79 Å². The molecule has 0 aromatic heterocycles. The highest BCUT2D eigenvalue weighted by atomic mass is 16.2. The molecule has 2 N–H and O–H groups in total. The molecule has 2 aliphatic rings. The molecule has 104 valence electrons. The minimum atomic E-state index is 0.204. The van der Waals surface area contributed by atoms with E-state index in [2.05, 4.69) is 23.6 Å². The maximum absolute atomic E-state index is 12.3. The maximum Gasteiger partial charge on any atom is 0.225 e. The first-order chi connectivity index (χ1) is 8.61. The third-order valence-corrected chi connectivity index (χ3v) is 4.66. The van der Waals surface area contributed by atoms with Crippen LogP contribution in [0.3, 0.4) is 0 Å². The van der Waals surface area contributed by atoms with Gasteiger partial charge in [-0.2, -0.15) is 0 Å². The van der Waals surface area contributed by atoms with Crippen molar-refractivity contribution >= 4 is 5.91 Å². The highest BCUT2D eigenvalue weighted by Crippen LogP contribution is 2.26. The molecule has 3 atom stereocenters. The Kier molecular flexibility index (Phi) is 4.62. The number of carbonyl (C=O) groups excluding carboxylic acids is 1. The summed E-state index contributed by atoms with van der Waals surface area (Å²) < 4.78 is 0. The van der Waals surface area contributed by atoms with E-state index in [0.717, 1.165) is 45.4 Å². The Morgan fingerprint density at radius 1 is 1.28 bits per heavy atom. The summed E-state index contributed by atoms with van der Waals surface area (Å²) in [5.74, 6) is 0.557. The van der Waals surface area contributed by atoms with Gasteiger partial charge in [0.15, 0.2) is 0 Å². The molecule has 1 aliphatic heterocycles. The summed E-state index contributed by atoms with van der Waals surface area (Å²) in [5.41, 5.74) is 5.89. The Labute approximate surface area is 110 Å². The largest absolute Gasteiger partial charge is 0.340 e. The van der Waals surface area contributed by atoms with Gasteiger partial charge in [0.1, 0.15) is 0 Å². The fourth-order valence-electron chi connectivity index (χ4n) is 3.14. The van der Waals surface area contributed by atoms with E-state index < -0.39 is 0 Å². The van der Waals surface area contributed by atoms with Gasteiger partial charge in [-0.1, -0.05) is 6.92 Å². The Hall–Kier alpha value is -0.610. The van der Waals surface area contributed by atoms with Gasteiger partial charge in [0.2, 0.25) is 5.91 Å². The van der Waals surface area contributed by atoms with E-state index in [1.165, 1.54) is 6.42 Å². The molecule has 0 spiro atoms. The second-order valence-electron chi connectivity index (χ2n) is 5.89. The number of hydrogen-bond acceptors (Lipinski definition) is 3. The number of hydrogen-bond donors (Lipinski definition) is 1. The molecule has 0 aromatic carbocycles. The van der Waals surface area contributed by atoms with Crippen LogP contribution in [-0.4, -0.2) is 54.0 Å². The van der Waals surface area contributed by atoms with Crippen molar-refractivity contribution in [2.24, 2.45) is 11.7 Å². The summed E-state index contributed by atoms with van der Waals surface area (Å²) >= 11 is 0. The molecule has 1 aliphatic carbocycles. The molecule has 2 rings (SSSR count). The van der Waals surface area contributed by atoms with Crippen molar-refractivity contribution in [2.75, 3.05) is 26.2 Å². The average Bonchev–Trinajstić information content (AvgIpc) is 2.84. The van der Waals surface area contributed by atoms with Gasteiger partial charge < -0.3 is 10.6 Å². The third-order valence-electron chi connectivity index (χ3n) is 4.66. The molecule has 18 heavy (non-hydrogen) atoms. The molecular weight excluding hydrogens is 226 g/mol. The summed E-state index contributed by atoms with van der Waals surface area (Å²) in [5, 5.41) is 0. The van der Waals surface area contributed by atoms with Gasteiger partial charge >= 0.3 is 0 Å². The predicted octanol–water partition coefficient (Wildman–Crippen LogP) is 1.06. The number of rotatable bonds is 3. The van der Waals surface area contributed by atoms with E-state index in [1.54, 1.807) is 0 Å². The van der Waals surface area contributed by atoms with Crippen LogP contribution in [0, 0.1) is 5.92 Å². The molecule has 0 radical (unpaired) electrons. The molecule has 2 fully saturated rings. The first-order valence-corrected chi connectivity index (χ1v) is 7.40. The number of carbonyl (C=O) groups is 1. The van der Waals surface area contributed by atoms with E-state index >= 15 is 0 Å². The summed E-state index contributed by atoms with van der Waals surface area (Å²) in [7, 11) is 0. The fraction of sp³-hybridized carbons (Fsp3) is 0.929. The molecule has 0 aromatic rings. The SMILES string of the molecule is CCC(C)N1CCN(C(=O)C2CCC(N)C2)CC1. The number of nitrogens with zero attached hydrogens (tertiary/aromatic N) is 2. The monoisotopic (exact) mass is 253 g/mol. The summed E-state index contributed by atoms with van der Waals surface area (Å²) in [4.78, 5) is 16.9. The smallest absolute Gasteiger partial charge is 0.225 e. The molecule has 1 saturated carbocycles. The molecule has 1 heterocycles. The Morgan fingerprint density at radius 2 is 1.94 bits per heavy atom. The van der Waals surface area contributed by atoms with Crippen molar-refractivity contribution in [3.63, 3.8) is 0 Å². The summed E-state index contributed by atoms with van der Waals surface area (Å²) in [6.45, 7) is 8.35. The Bertz CT molecular complexity index is 287. The zero-order valence-electron chi connectivity index (χ0n) is 11.8. The predicted molar refractivity (Wildman–Crippen MR) is 73.2 cm³/mol. The van der Waals surface area contributed by atoms with Crippen LogP contribution in [-0.2, 0) is 4.79 Å².